The second-order valence-electron chi connectivity index (χ2n) is 15.9. The minimum absolute atomic E-state index is 0.0421. The Hall–Kier alpha value is -2.96. The lowest BCUT2D eigenvalue weighted by molar-refractivity contribution is -0.151. The van der Waals surface area contributed by atoms with Crippen molar-refractivity contribution in [3.8, 4) is 0 Å². The van der Waals surface area contributed by atoms with E-state index in [0.717, 1.165) is 83.5 Å². The van der Waals surface area contributed by atoms with Crippen LogP contribution in [0, 0.1) is 0 Å². The third-order valence-corrected chi connectivity index (χ3v) is 10.4. The van der Waals surface area contributed by atoms with Gasteiger partial charge in [-0.3, -0.25) is 9.59 Å². The van der Waals surface area contributed by atoms with Crippen LogP contribution in [0.5, 0.6) is 0 Å². The number of hydrogen-bond donors (Lipinski definition) is 3. The van der Waals surface area contributed by atoms with Crippen molar-refractivity contribution in [2.45, 2.75) is 225 Å². The van der Waals surface area contributed by atoms with Crippen LogP contribution in [-0.2, 0) is 14.3 Å². The van der Waals surface area contributed by atoms with Crippen LogP contribution in [-0.4, -0.2) is 46.9 Å². The first kappa shape index (κ1) is 55.0. The molecule has 0 rings (SSSR count). The molecule has 0 saturated heterocycles. The van der Waals surface area contributed by atoms with Gasteiger partial charge in [0.05, 0.1) is 25.2 Å². The van der Waals surface area contributed by atoms with Crippen molar-refractivity contribution in [2.24, 2.45) is 0 Å². The Morgan fingerprint density at radius 3 is 1.43 bits per heavy atom. The van der Waals surface area contributed by atoms with Crippen molar-refractivity contribution < 1.29 is 24.5 Å². The van der Waals surface area contributed by atoms with Crippen molar-refractivity contribution in [1.29, 1.82) is 0 Å². The molecular formula is C52H89NO5. The largest absolute Gasteiger partial charge is 0.462 e. The van der Waals surface area contributed by atoms with Crippen LogP contribution < -0.4 is 5.32 Å². The number of amides is 1. The van der Waals surface area contributed by atoms with Gasteiger partial charge >= 0.3 is 5.97 Å². The highest BCUT2D eigenvalue weighted by molar-refractivity contribution is 5.77. The molecule has 0 saturated carbocycles. The van der Waals surface area contributed by atoms with Crippen LogP contribution in [0.2, 0.25) is 0 Å². The highest BCUT2D eigenvalue weighted by Gasteiger charge is 2.24. The lowest BCUT2D eigenvalue weighted by Gasteiger charge is -2.24. The normalized spacial score (nSPS) is 14.1. The number of unbranched alkanes of at least 4 members (excludes halogenated alkanes) is 20. The molecule has 6 heteroatoms. The minimum atomic E-state index is -0.803. The molecule has 3 N–H and O–H groups in total. The van der Waals surface area contributed by atoms with Crippen LogP contribution in [0.25, 0.3) is 0 Å². The van der Waals surface area contributed by atoms with Gasteiger partial charge in [0.1, 0.15) is 6.10 Å². The first-order valence-corrected chi connectivity index (χ1v) is 23.9. The minimum Gasteiger partial charge on any atom is -0.462 e. The second-order valence-corrected chi connectivity index (χ2v) is 15.9. The van der Waals surface area contributed by atoms with Crippen molar-refractivity contribution in [3.05, 3.63) is 85.1 Å². The van der Waals surface area contributed by atoms with Crippen molar-refractivity contribution in [3.63, 3.8) is 0 Å². The zero-order valence-electron chi connectivity index (χ0n) is 37.6. The van der Waals surface area contributed by atoms with Gasteiger partial charge in [0.15, 0.2) is 0 Å². The molecule has 332 valence electrons. The van der Waals surface area contributed by atoms with Gasteiger partial charge in [-0.05, 0) is 64.2 Å². The van der Waals surface area contributed by atoms with E-state index in [4.69, 9.17) is 4.74 Å². The Morgan fingerprint density at radius 2 is 0.931 bits per heavy atom. The summed E-state index contributed by atoms with van der Waals surface area (Å²) in [6.45, 7) is 6.18. The smallest absolute Gasteiger partial charge is 0.306 e. The van der Waals surface area contributed by atoms with E-state index in [0.29, 0.717) is 19.3 Å². The molecule has 3 unspecified atom stereocenters. The van der Waals surface area contributed by atoms with Crippen molar-refractivity contribution in [2.75, 3.05) is 6.61 Å². The zero-order chi connectivity index (χ0) is 42.4. The lowest BCUT2D eigenvalue weighted by atomic mass is 10.0. The average molecular weight is 808 g/mol. The second kappa shape index (κ2) is 45.1. The van der Waals surface area contributed by atoms with Gasteiger partial charge in [-0.1, -0.05) is 215 Å². The van der Waals surface area contributed by atoms with Crippen LogP contribution in [0.3, 0.4) is 0 Å². The van der Waals surface area contributed by atoms with E-state index < -0.39 is 18.2 Å². The summed E-state index contributed by atoms with van der Waals surface area (Å²) < 4.78 is 5.89. The Balaban J connectivity index is 4.69. The number of ether oxygens (including phenoxy) is 1. The Labute approximate surface area is 357 Å². The molecule has 0 radical (unpaired) electrons. The summed E-state index contributed by atoms with van der Waals surface area (Å²) in [5, 5.41) is 23.7. The van der Waals surface area contributed by atoms with E-state index in [2.05, 4.69) is 80.8 Å². The topological polar surface area (TPSA) is 95.9 Å². The van der Waals surface area contributed by atoms with Gasteiger partial charge in [0.25, 0.3) is 0 Å². The van der Waals surface area contributed by atoms with Gasteiger partial charge in [-0.25, -0.2) is 0 Å². The molecule has 0 bridgehead atoms. The number of carbonyl (C=O) groups is 2. The lowest BCUT2D eigenvalue weighted by Crippen LogP contribution is -2.46. The van der Waals surface area contributed by atoms with Gasteiger partial charge in [-0.15, -0.1) is 0 Å². The first-order chi connectivity index (χ1) is 28.5. The van der Waals surface area contributed by atoms with Crippen LogP contribution in [0.4, 0.5) is 0 Å². The zero-order valence-corrected chi connectivity index (χ0v) is 37.6. The fourth-order valence-electron chi connectivity index (χ4n) is 6.79. The number of aliphatic hydroxyl groups excluding tert-OH is 2. The van der Waals surface area contributed by atoms with E-state index in [1.165, 1.54) is 77.0 Å². The number of hydrogen-bond acceptors (Lipinski definition) is 5. The van der Waals surface area contributed by atoms with E-state index in [-0.39, 0.29) is 24.9 Å². The Morgan fingerprint density at radius 1 is 0.517 bits per heavy atom. The first-order valence-electron chi connectivity index (χ1n) is 23.9. The molecule has 3 atom stereocenters. The van der Waals surface area contributed by atoms with E-state index in [1.807, 2.05) is 30.4 Å². The maximum absolute atomic E-state index is 13.2. The fraction of sp³-hybridized carbons (Fsp3) is 0.692. The molecular weight excluding hydrogens is 719 g/mol. The monoisotopic (exact) mass is 808 g/mol. The summed E-state index contributed by atoms with van der Waals surface area (Å²) in [6, 6.07) is -0.720. The number of aliphatic hydroxyl groups is 2. The molecule has 0 aliphatic carbocycles. The van der Waals surface area contributed by atoms with Gasteiger partial charge in [-0.2, -0.15) is 0 Å². The standard InChI is InChI=1S/C52H89NO5/c1-4-7-10-13-16-19-22-24-25-27-30-33-36-39-42-45-52(57)58-48(43-40-37-34-31-29-26-23-20-17-14-11-8-5-2)46-51(56)53-49(47-54)50(55)44-41-38-35-32-28-21-18-15-12-9-6-3/h7-8,10-11,13-14,16-17,19-20,22-23,26,29,48-50,54-55H,4-6,9,12,15,18,21,24-25,27-28,30-47H2,1-3H3,(H,53,56)/b10-7+,11-8+,16-13+,17-14+,22-19+,23-20+,29-26-. The highest BCUT2D eigenvalue weighted by Crippen LogP contribution is 2.17. The van der Waals surface area contributed by atoms with Gasteiger partial charge in [0.2, 0.25) is 5.91 Å². The summed E-state index contributed by atoms with van der Waals surface area (Å²) in [4.78, 5) is 26.1. The molecule has 1 amide bonds. The van der Waals surface area contributed by atoms with Crippen molar-refractivity contribution in [1.82, 2.24) is 5.32 Å². The third-order valence-electron chi connectivity index (χ3n) is 10.4. The maximum Gasteiger partial charge on any atom is 0.306 e. The molecule has 0 fully saturated rings. The number of carbonyl (C=O) groups excluding carboxylic acids is 2. The third kappa shape index (κ3) is 39.8. The highest BCUT2D eigenvalue weighted by atomic mass is 16.5. The van der Waals surface area contributed by atoms with Crippen LogP contribution >= 0.6 is 0 Å². The summed E-state index contributed by atoms with van der Waals surface area (Å²) in [5.41, 5.74) is 0. The number of esters is 1. The molecule has 0 aliphatic heterocycles. The summed E-state index contributed by atoms with van der Waals surface area (Å²) >= 11 is 0. The summed E-state index contributed by atoms with van der Waals surface area (Å²) in [6.07, 6.45) is 57.8. The molecule has 0 aromatic heterocycles. The molecule has 0 aromatic rings. The van der Waals surface area contributed by atoms with E-state index in [9.17, 15) is 19.8 Å². The molecule has 0 aliphatic rings. The van der Waals surface area contributed by atoms with E-state index >= 15 is 0 Å². The molecule has 0 heterocycles. The quantitative estimate of drug-likeness (QED) is 0.0325. The predicted octanol–water partition coefficient (Wildman–Crippen LogP) is 14.0. The molecule has 6 nitrogen and oxygen atoms in total. The van der Waals surface area contributed by atoms with Gasteiger partial charge in [0, 0.05) is 6.42 Å². The number of rotatable bonds is 41. The molecule has 58 heavy (non-hydrogen) atoms. The SMILES string of the molecule is CC/C=C/C=C/C=C/C=C\CCCCCC(CC(=O)NC(CO)C(O)CCCCCCCCCCCCC)OC(=O)CCCCCCCCC/C=C/C=C/C=C/CC. The summed E-state index contributed by atoms with van der Waals surface area (Å²) in [5.74, 6) is -0.534. The van der Waals surface area contributed by atoms with E-state index in [1.54, 1.807) is 0 Å². The Kier molecular flexibility index (Phi) is 42.8. The average Bonchev–Trinajstić information content (AvgIpc) is 3.22. The number of nitrogens with one attached hydrogen (secondary N) is 1. The maximum atomic E-state index is 13.2. The van der Waals surface area contributed by atoms with Crippen LogP contribution in [0.1, 0.15) is 207 Å². The van der Waals surface area contributed by atoms with Crippen LogP contribution in [0.15, 0.2) is 85.1 Å². The Bertz CT molecular complexity index is 1130. The predicted molar refractivity (Wildman–Crippen MR) is 250 cm³/mol. The number of allylic oxidation sites excluding steroid dienone is 14. The van der Waals surface area contributed by atoms with Crippen molar-refractivity contribution >= 4 is 11.9 Å². The van der Waals surface area contributed by atoms with Gasteiger partial charge < -0.3 is 20.3 Å². The fourth-order valence-corrected chi connectivity index (χ4v) is 6.79. The summed E-state index contributed by atoms with van der Waals surface area (Å²) in [7, 11) is 0. The molecule has 0 spiro atoms. The molecule has 0 aromatic carbocycles.